The molecule has 3 rings (SSSR count). The van der Waals surface area contributed by atoms with Gasteiger partial charge < -0.3 is 10.2 Å². The maximum Gasteiger partial charge on any atom is 0.143 e. The summed E-state index contributed by atoms with van der Waals surface area (Å²) in [6.45, 7) is 2.33. The SMILES string of the molecule is CN1CCCC(Nc2ccccc2-n2cnnn2)CC1. The fraction of sp³-hybridized carbons (Fsp3) is 0.500. The predicted molar refractivity (Wildman–Crippen MR) is 77.9 cm³/mol. The average molecular weight is 272 g/mol. The normalized spacial score (nSPS) is 20.6. The minimum Gasteiger partial charge on any atom is -0.381 e. The predicted octanol–water partition coefficient (Wildman–Crippen LogP) is 1.56. The summed E-state index contributed by atoms with van der Waals surface area (Å²) in [6, 6.07) is 8.67. The molecule has 1 aromatic carbocycles. The number of anilines is 1. The smallest absolute Gasteiger partial charge is 0.143 e. The number of aromatic nitrogens is 4. The van der Waals surface area contributed by atoms with Crippen LogP contribution in [-0.4, -0.2) is 51.3 Å². The van der Waals surface area contributed by atoms with Gasteiger partial charge in [0.05, 0.1) is 11.4 Å². The van der Waals surface area contributed by atoms with Gasteiger partial charge in [0.1, 0.15) is 6.33 Å². The summed E-state index contributed by atoms with van der Waals surface area (Å²) in [7, 11) is 2.19. The van der Waals surface area contributed by atoms with Crippen molar-refractivity contribution in [3.8, 4) is 5.69 Å². The first-order chi connectivity index (χ1) is 9.83. The molecule has 1 fully saturated rings. The van der Waals surface area contributed by atoms with Gasteiger partial charge in [0.25, 0.3) is 0 Å². The van der Waals surface area contributed by atoms with Crippen LogP contribution >= 0.6 is 0 Å². The minimum absolute atomic E-state index is 0.512. The Hall–Kier alpha value is -1.95. The van der Waals surface area contributed by atoms with E-state index in [9.17, 15) is 0 Å². The van der Waals surface area contributed by atoms with Crippen LogP contribution in [0, 0.1) is 0 Å². The molecule has 1 N–H and O–H groups in total. The molecular formula is C14H20N6. The van der Waals surface area contributed by atoms with Crippen molar-refractivity contribution in [2.45, 2.75) is 25.3 Å². The molecule has 0 aliphatic carbocycles. The van der Waals surface area contributed by atoms with Crippen LogP contribution in [-0.2, 0) is 0 Å². The molecule has 2 heterocycles. The van der Waals surface area contributed by atoms with E-state index >= 15 is 0 Å². The van der Waals surface area contributed by atoms with Crippen LogP contribution in [0.5, 0.6) is 0 Å². The van der Waals surface area contributed by atoms with Gasteiger partial charge in [-0.05, 0) is 62.0 Å². The highest BCUT2D eigenvalue weighted by Crippen LogP contribution is 2.22. The molecule has 1 atom stereocenters. The Bertz CT molecular complexity index is 538. The zero-order chi connectivity index (χ0) is 13.8. The lowest BCUT2D eigenvalue weighted by atomic mass is 10.1. The molecule has 0 radical (unpaired) electrons. The van der Waals surface area contributed by atoms with E-state index in [1.54, 1.807) is 11.0 Å². The zero-order valence-corrected chi connectivity index (χ0v) is 11.7. The number of hydrogen-bond donors (Lipinski definition) is 1. The van der Waals surface area contributed by atoms with Crippen molar-refractivity contribution in [2.75, 3.05) is 25.5 Å². The highest BCUT2D eigenvalue weighted by atomic mass is 15.5. The van der Waals surface area contributed by atoms with Crippen LogP contribution in [0.3, 0.4) is 0 Å². The van der Waals surface area contributed by atoms with Gasteiger partial charge in [-0.3, -0.25) is 0 Å². The van der Waals surface area contributed by atoms with Crippen molar-refractivity contribution in [1.82, 2.24) is 25.1 Å². The van der Waals surface area contributed by atoms with Gasteiger partial charge in [0, 0.05) is 6.04 Å². The van der Waals surface area contributed by atoms with Crippen molar-refractivity contribution >= 4 is 5.69 Å². The topological polar surface area (TPSA) is 58.9 Å². The summed E-state index contributed by atoms with van der Waals surface area (Å²) in [4.78, 5) is 2.40. The monoisotopic (exact) mass is 272 g/mol. The molecule has 0 saturated carbocycles. The number of tetrazole rings is 1. The second-order valence-electron chi connectivity index (χ2n) is 5.35. The highest BCUT2D eigenvalue weighted by Gasteiger charge is 2.16. The lowest BCUT2D eigenvalue weighted by Gasteiger charge is -2.20. The number of hydrogen-bond acceptors (Lipinski definition) is 5. The van der Waals surface area contributed by atoms with E-state index in [4.69, 9.17) is 0 Å². The van der Waals surface area contributed by atoms with Crippen molar-refractivity contribution in [3.05, 3.63) is 30.6 Å². The Morgan fingerprint density at radius 2 is 2.10 bits per heavy atom. The molecule has 1 unspecified atom stereocenters. The summed E-state index contributed by atoms with van der Waals surface area (Å²) < 4.78 is 1.70. The first-order valence-corrected chi connectivity index (χ1v) is 7.10. The molecular weight excluding hydrogens is 252 g/mol. The third-order valence-electron chi connectivity index (χ3n) is 3.81. The van der Waals surface area contributed by atoms with Crippen LogP contribution in [0.25, 0.3) is 5.69 Å². The molecule has 1 aromatic heterocycles. The summed E-state index contributed by atoms with van der Waals surface area (Å²) in [5.41, 5.74) is 2.09. The summed E-state index contributed by atoms with van der Waals surface area (Å²) in [5, 5.41) is 15.1. The maximum absolute atomic E-state index is 3.98. The van der Waals surface area contributed by atoms with Crippen LogP contribution in [0.1, 0.15) is 19.3 Å². The molecule has 6 nitrogen and oxygen atoms in total. The van der Waals surface area contributed by atoms with Crippen molar-refractivity contribution < 1.29 is 0 Å². The summed E-state index contributed by atoms with van der Waals surface area (Å²) >= 11 is 0. The Kier molecular flexibility index (Phi) is 3.92. The summed E-state index contributed by atoms with van der Waals surface area (Å²) in [5.74, 6) is 0. The quantitative estimate of drug-likeness (QED) is 0.919. The Morgan fingerprint density at radius 1 is 1.20 bits per heavy atom. The van der Waals surface area contributed by atoms with E-state index in [-0.39, 0.29) is 0 Å². The first-order valence-electron chi connectivity index (χ1n) is 7.10. The van der Waals surface area contributed by atoms with Crippen LogP contribution < -0.4 is 5.32 Å². The van der Waals surface area contributed by atoms with E-state index in [2.05, 4.69) is 38.9 Å². The number of para-hydroxylation sites is 2. The van der Waals surface area contributed by atoms with Crippen molar-refractivity contribution in [2.24, 2.45) is 0 Å². The van der Waals surface area contributed by atoms with E-state index in [0.29, 0.717) is 6.04 Å². The Balaban J connectivity index is 1.77. The first kappa shape index (κ1) is 13.1. The number of rotatable bonds is 3. The van der Waals surface area contributed by atoms with E-state index in [1.807, 2.05) is 18.2 Å². The van der Waals surface area contributed by atoms with Gasteiger partial charge >= 0.3 is 0 Å². The Labute approximate surface area is 118 Å². The van der Waals surface area contributed by atoms with Crippen LogP contribution in [0.4, 0.5) is 5.69 Å². The largest absolute Gasteiger partial charge is 0.381 e. The maximum atomic E-state index is 3.98. The zero-order valence-electron chi connectivity index (χ0n) is 11.7. The molecule has 2 aromatic rings. The van der Waals surface area contributed by atoms with Gasteiger partial charge in [-0.15, -0.1) is 5.10 Å². The average Bonchev–Trinajstić information content (AvgIpc) is 2.91. The lowest BCUT2D eigenvalue weighted by Crippen LogP contribution is -2.23. The molecule has 20 heavy (non-hydrogen) atoms. The lowest BCUT2D eigenvalue weighted by molar-refractivity contribution is 0.348. The van der Waals surface area contributed by atoms with Gasteiger partial charge in [-0.25, -0.2) is 0 Å². The fourth-order valence-corrected chi connectivity index (χ4v) is 2.67. The minimum atomic E-state index is 0.512. The van der Waals surface area contributed by atoms with E-state index in [0.717, 1.165) is 17.9 Å². The standard InChI is InChI=1S/C14H20N6/c1-19-9-4-5-12(8-10-19)16-13-6-2-3-7-14(13)20-11-15-17-18-20/h2-3,6-7,11-12,16H,4-5,8-10H2,1H3. The van der Waals surface area contributed by atoms with Gasteiger partial charge in [0.2, 0.25) is 0 Å². The van der Waals surface area contributed by atoms with Crippen molar-refractivity contribution in [1.29, 1.82) is 0 Å². The van der Waals surface area contributed by atoms with Crippen molar-refractivity contribution in [3.63, 3.8) is 0 Å². The molecule has 0 bridgehead atoms. The molecule has 1 aliphatic rings. The molecule has 0 amide bonds. The number of likely N-dealkylation sites (tertiary alicyclic amines) is 1. The van der Waals surface area contributed by atoms with Crippen LogP contribution in [0.2, 0.25) is 0 Å². The number of nitrogens with one attached hydrogen (secondary N) is 1. The fourth-order valence-electron chi connectivity index (χ4n) is 2.67. The van der Waals surface area contributed by atoms with E-state index < -0.39 is 0 Å². The molecule has 1 saturated heterocycles. The van der Waals surface area contributed by atoms with Gasteiger partial charge in [-0.1, -0.05) is 12.1 Å². The van der Waals surface area contributed by atoms with Crippen LogP contribution in [0.15, 0.2) is 30.6 Å². The van der Waals surface area contributed by atoms with E-state index in [1.165, 1.54) is 25.8 Å². The molecule has 106 valence electrons. The Morgan fingerprint density at radius 3 is 2.95 bits per heavy atom. The molecule has 0 spiro atoms. The third kappa shape index (κ3) is 2.96. The van der Waals surface area contributed by atoms with Gasteiger partial charge in [0.15, 0.2) is 0 Å². The molecule has 6 heteroatoms. The third-order valence-corrected chi connectivity index (χ3v) is 3.81. The van der Waals surface area contributed by atoms with Gasteiger partial charge in [-0.2, -0.15) is 4.68 Å². The highest BCUT2D eigenvalue weighted by molar-refractivity contribution is 5.60. The summed E-state index contributed by atoms with van der Waals surface area (Å²) in [6.07, 6.45) is 5.23. The second kappa shape index (κ2) is 6.00. The number of benzene rings is 1. The second-order valence-corrected chi connectivity index (χ2v) is 5.35. The molecule has 1 aliphatic heterocycles. The number of nitrogens with zero attached hydrogens (tertiary/aromatic N) is 5.